The lowest BCUT2D eigenvalue weighted by molar-refractivity contribution is -0.148. The maximum atomic E-state index is 12.7. The van der Waals surface area contributed by atoms with Gasteiger partial charge in [0.1, 0.15) is 6.04 Å². The molecule has 5 nitrogen and oxygen atoms in total. The number of carbonyl (C=O) groups excluding carboxylic acids is 2. The van der Waals surface area contributed by atoms with E-state index in [1.807, 2.05) is 11.8 Å². The number of hydrogen-bond acceptors (Lipinski definition) is 3. The van der Waals surface area contributed by atoms with Gasteiger partial charge in [-0.05, 0) is 44.6 Å². The molecular weight excluding hydrogens is 254 g/mol. The number of carbonyl (C=O) groups is 2. The van der Waals surface area contributed by atoms with Crippen molar-refractivity contribution in [2.75, 3.05) is 26.2 Å². The molecule has 2 fully saturated rings. The minimum atomic E-state index is -0.217. The molecule has 2 amide bonds. The van der Waals surface area contributed by atoms with E-state index in [1.54, 1.807) is 4.90 Å². The number of piperidine rings is 2. The van der Waals surface area contributed by atoms with E-state index in [0.29, 0.717) is 18.9 Å². The standard InChI is InChI=1S/C15H27N3O2/c1-2-14(19)18-8-4-3-5-13(18)15(20)17-9-6-12(11-16)7-10-17/h12-13H,2-11,16H2,1H3. The minimum absolute atomic E-state index is 0.111. The Kier molecular flexibility index (Phi) is 5.40. The van der Waals surface area contributed by atoms with Gasteiger partial charge in [-0.1, -0.05) is 6.92 Å². The predicted molar refractivity (Wildman–Crippen MR) is 78.0 cm³/mol. The Balaban J connectivity index is 1.97. The molecule has 2 heterocycles. The average Bonchev–Trinajstić information content (AvgIpc) is 2.53. The van der Waals surface area contributed by atoms with Gasteiger partial charge in [-0.3, -0.25) is 9.59 Å². The first-order valence-electron chi connectivity index (χ1n) is 7.95. The quantitative estimate of drug-likeness (QED) is 0.838. The molecule has 0 aromatic heterocycles. The van der Waals surface area contributed by atoms with Crippen LogP contribution in [0.4, 0.5) is 0 Å². The Labute approximate surface area is 121 Å². The molecule has 20 heavy (non-hydrogen) atoms. The van der Waals surface area contributed by atoms with Crippen LogP contribution in [0.25, 0.3) is 0 Å². The van der Waals surface area contributed by atoms with E-state index in [0.717, 1.165) is 51.7 Å². The van der Waals surface area contributed by atoms with Crippen LogP contribution in [-0.4, -0.2) is 53.8 Å². The molecule has 0 aromatic rings. The van der Waals surface area contributed by atoms with Crippen LogP contribution in [0, 0.1) is 5.92 Å². The predicted octanol–water partition coefficient (Wildman–Crippen LogP) is 0.975. The lowest BCUT2D eigenvalue weighted by Gasteiger charge is -2.39. The van der Waals surface area contributed by atoms with Gasteiger partial charge < -0.3 is 15.5 Å². The van der Waals surface area contributed by atoms with Crippen LogP contribution in [-0.2, 0) is 9.59 Å². The smallest absolute Gasteiger partial charge is 0.245 e. The third-order valence-electron chi connectivity index (χ3n) is 4.67. The van der Waals surface area contributed by atoms with Gasteiger partial charge in [-0.15, -0.1) is 0 Å². The fourth-order valence-electron chi connectivity index (χ4n) is 3.29. The van der Waals surface area contributed by atoms with Crippen molar-refractivity contribution in [2.24, 2.45) is 11.7 Å². The maximum absolute atomic E-state index is 12.7. The molecule has 0 saturated carbocycles. The largest absolute Gasteiger partial charge is 0.341 e. The second-order valence-electron chi connectivity index (χ2n) is 5.96. The van der Waals surface area contributed by atoms with Crippen LogP contribution >= 0.6 is 0 Å². The van der Waals surface area contributed by atoms with Crippen molar-refractivity contribution in [1.29, 1.82) is 0 Å². The zero-order valence-electron chi connectivity index (χ0n) is 12.5. The molecule has 5 heteroatoms. The van der Waals surface area contributed by atoms with E-state index in [-0.39, 0.29) is 17.9 Å². The summed E-state index contributed by atoms with van der Waals surface area (Å²) >= 11 is 0. The van der Waals surface area contributed by atoms with Gasteiger partial charge in [-0.2, -0.15) is 0 Å². The molecule has 2 saturated heterocycles. The Morgan fingerprint density at radius 2 is 1.80 bits per heavy atom. The topological polar surface area (TPSA) is 66.6 Å². The van der Waals surface area contributed by atoms with Gasteiger partial charge >= 0.3 is 0 Å². The second kappa shape index (κ2) is 7.07. The molecule has 0 aromatic carbocycles. The van der Waals surface area contributed by atoms with Crippen molar-refractivity contribution >= 4 is 11.8 Å². The van der Waals surface area contributed by atoms with E-state index >= 15 is 0 Å². The molecule has 2 N–H and O–H groups in total. The summed E-state index contributed by atoms with van der Waals surface area (Å²) < 4.78 is 0. The Hall–Kier alpha value is -1.10. The first kappa shape index (κ1) is 15.3. The number of likely N-dealkylation sites (tertiary alicyclic amines) is 2. The number of nitrogens with two attached hydrogens (primary N) is 1. The molecule has 114 valence electrons. The van der Waals surface area contributed by atoms with Crippen molar-refractivity contribution < 1.29 is 9.59 Å². The molecule has 2 rings (SSSR count). The van der Waals surface area contributed by atoms with Crippen molar-refractivity contribution in [1.82, 2.24) is 9.80 Å². The molecule has 0 bridgehead atoms. The summed E-state index contributed by atoms with van der Waals surface area (Å²) in [7, 11) is 0. The molecule has 1 unspecified atom stereocenters. The Morgan fingerprint density at radius 3 is 2.40 bits per heavy atom. The fourth-order valence-corrected chi connectivity index (χ4v) is 3.29. The van der Waals surface area contributed by atoms with Gasteiger partial charge in [0.15, 0.2) is 0 Å². The molecule has 0 aliphatic carbocycles. The molecule has 1 atom stereocenters. The highest BCUT2D eigenvalue weighted by Gasteiger charge is 2.35. The van der Waals surface area contributed by atoms with Crippen LogP contribution in [0.15, 0.2) is 0 Å². The van der Waals surface area contributed by atoms with Crippen LogP contribution in [0.1, 0.15) is 45.4 Å². The normalized spacial score (nSPS) is 24.8. The van der Waals surface area contributed by atoms with Crippen LogP contribution < -0.4 is 5.73 Å². The zero-order valence-corrected chi connectivity index (χ0v) is 12.5. The molecule has 2 aliphatic rings. The van der Waals surface area contributed by atoms with Gasteiger partial charge in [0, 0.05) is 26.1 Å². The summed E-state index contributed by atoms with van der Waals surface area (Å²) in [6, 6.07) is -0.217. The Bertz CT molecular complexity index is 351. The molecule has 2 aliphatic heterocycles. The summed E-state index contributed by atoms with van der Waals surface area (Å²) in [4.78, 5) is 28.4. The summed E-state index contributed by atoms with van der Waals surface area (Å²) in [6.07, 6.45) is 5.36. The van der Waals surface area contributed by atoms with Gasteiger partial charge in [0.2, 0.25) is 11.8 Å². The SMILES string of the molecule is CCC(=O)N1CCCCC1C(=O)N1CCC(CN)CC1. The third-order valence-corrected chi connectivity index (χ3v) is 4.67. The highest BCUT2D eigenvalue weighted by molar-refractivity contribution is 5.87. The van der Waals surface area contributed by atoms with E-state index < -0.39 is 0 Å². The number of hydrogen-bond donors (Lipinski definition) is 1. The van der Waals surface area contributed by atoms with E-state index in [1.165, 1.54) is 0 Å². The van der Waals surface area contributed by atoms with E-state index in [2.05, 4.69) is 0 Å². The van der Waals surface area contributed by atoms with E-state index in [4.69, 9.17) is 5.73 Å². The fraction of sp³-hybridized carbons (Fsp3) is 0.867. The third kappa shape index (κ3) is 3.32. The van der Waals surface area contributed by atoms with Gasteiger partial charge in [0.25, 0.3) is 0 Å². The van der Waals surface area contributed by atoms with Gasteiger partial charge in [0.05, 0.1) is 0 Å². The van der Waals surface area contributed by atoms with Gasteiger partial charge in [-0.25, -0.2) is 0 Å². The van der Waals surface area contributed by atoms with Crippen molar-refractivity contribution in [3.8, 4) is 0 Å². The van der Waals surface area contributed by atoms with Crippen molar-refractivity contribution in [3.05, 3.63) is 0 Å². The van der Waals surface area contributed by atoms with Crippen LogP contribution in [0.3, 0.4) is 0 Å². The van der Waals surface area contributed by atoms with Crippen molar-refractivity contribution in [3.63, 3.8) is 0 Å². The Morgan fingerprint density at radius 1 is 1.10 bits per heavy atom. The second-order valence-corrected chi connectivity index (χ2v) is 5.96. The zero-order chi connectivity index (χ0) is 14.5. The summed E-state index contributed by atoms with van der Waals surface area (Å²) in [6.45, 7) is 4.91. The lowest BCUT2D eigenvalue weighted by Crippen LogP contribution is -2.54. The number of amides is 2. The minimum Gasteiger partial charge on any atom is -0.341 e. The molecular formula is C15H27N3O2. The summed E-state index contributed by atoms with van der Waals surface area (Å²) in [5.41, 5.74) is 5.69. The highest BCUT2D eigenvalue weighted by atomic mass is 16.2. The number of nitrogens with zero attached hydrogens (tertiary/aromatic N) is 2. The van der Waals surface area contributed by atoms with Crippen molar-refractivity contribution in [2.45, 2.75) is 51.5 Å². The van der Waals surface area contributed by atoms with Crippen LogP contribution in [0.2, 0.25) is 0 Å². The first-order valence-corrected chi connectivity index (χ1v) is 7.95. The number of rotatable bonds is 3. The lowest BCUT2D eigenvalue weighted by atomic mass is 9.95. The maximum Gasteiger partial charge on any atom is 0.245 e. The summed E-state index contributed by atoms with van der Waals surface area (Å²) in [5.74, 6) is 0.820. The van der Waals surface area contributed by atoms with Crippen LogP contribution in [0.5, 0.6) is 0 Å². The monoisotopic (exact) mass is 281 g/mol. The van der Waals surface area contributed by atoms with E-state index in [9.17, 15) is 9.59 Å². The molecule has 0 spiro atoms. The average molecular weight is 281 g/mol. The highest BCUT2D eigenvalue weighted by Crippen LogP contribution is 2.23. The summed E-state index contributed by atoms with van der Waals surface area (Å²) in [5, 5.41) is 0. The first-order chi connectivity index (χ1) is 9.67. The molecule has 0 radical (unpaired) electrons.